The number of aliphatic imine (C=N–C) groups is 1. The van der Waals surface area contributed by atoms with Crippen molar-refractivity contribution in [2.75, 3.05) is 11.9 Å². The van der Waals surface area contributed by atoms with Crippen LogP contribution in [-0.4, -0.2) is 23.2 Å². The maximum Gasteiger partial charge on any atom is 0.286 e. The van der Waals surface area contributed by atoms with Crippen LogP contribution in [0.3, 0.4) is 0 Å². The molecule has 1 amide bonds. The molecular weight excluding hydrogens is 332 g/mol. The second kappa shape index (κ2) is 7.40. The first-order chi connectivity index (χ1) is 12.0. The highest BCUT2D eigenvalue weighted by atomic mass is 32.2. The molecule has 1 aliphatic heterocycles. The number of rotatable bonds is 3. The Kier molecular flexibility index (Phi) is 5.05. The lowest BCUT2D eigenvalue weighted by molar-refractivity contribution is -0.113. The van der Waals surface area contributed by atoms with Gasteiger partial charge in [-0.3, -0.25) is 4.79 Å². The summed E-state index contributed by atoms with van der Waals surface area (Å²) in [5, 5.41) is 10.0. The van der Waals surface area contributed by atoms with Gasteiger partial charge in [-0.25, -0.2) is 0 Å². The number of amidine groups is 1. The first-order valence-corrected chi connectivity index (χ1v) is 8.63. The predicted molar refractivity (Wildman–Crippen MR) is 105 cm³/mol. The van der Waals surface area contributed by atoms with Gasteiger partial charge >= 0.3 is 0 Å². The van der Waals surface area contributed by atoms with E-state index in [-0.39, 0.29) is 11.7 Å². The van der Waals surface area contributed by atoms with Crippen LogP contribution in [0.5, 0.6) is 5.75 Å². The van der Waals surface area contributed by atoms with Crippen molar-refractivity contribution >= 4 is 34.6 Å². The number of phenolic OH excluding ortho intramolecular Hbond substituents is 1. The Balaban J connectivity index is 1.76. The molecule has 3 rings (SSSR count). The zero-order chi connectivity index (χ0) is 17.8. The Morgan fingerprint density at radius 2 is 1.80 bits per heavy atom. The van der Waals surface area contributed by atoms with Crippen LogP contribution in [0.15, 0.2) is 76.1 Å². The summed E-state index contributed by atoms with van der Waals surface area (Å²) in [4.78, 5) is 18.8. The molecule has 0 unspecified atom stereocenters. The zero-order valence-electron chi connectivity index (χ0n) is 14.0. The van der Waals surface area contributed by atoms with Crippen LogP contribution in [0.4, 0.5) is 5.69 Å². The van der Waals surface area contributed by atoms with E-state index in [0.29, 0.717) is 10.1 Å². The van der Waals surface area contributed by atoms with E-state index in [4.69, 9.17) is 0 Å². The number of carbonyl (C=O) groups excluding carboxylic acids is 1. The molecule has 2 aromatic carbocycles. The smallest absolute Gasteiger partial charge is 0.286 e. The second-order valence-corrected chi connectivity index (χ2v) is 6.69. The maximum atomic E-state index is 12.2. The number of hydrogen-bond acceptors (Lipinski definition) is 4. The fourth-order valence-corrected chi connectivity index (χ4v) is 3.33. The first kappa shape index (κ1) is 17.0. The minimum Gasteiger partial charge on any atom is -0.508 e. The molecule has 0 aromatic heterocycles. The average molecular weight is 350 g/mol. The van der Waals surface area contributed by atoms with Crippen LogP contribution in [0.1, 0.15) is 12.5 Å². The molecule has 1 N–H and O–H groups in total. The zero-order valence-corrected chi connectivity index (χ0v) is 14.8. The van der Waals surface area contributed by atoms with Crippen molar-refractivity contribution < 1.29 is 9.90 Å². The van der Waals surface area contributed by atoms with Gasteiger partial charge in [0.1, 0.15) is 5.75 Å². The maximum absolute atomic E-state index is 12.2. The van der Waals surface area contributed by atoms with Crippen LogP contribution >= 0.6 is 11.8 Å². The quantitative estimate of drug-likeness (QED) is 0.831. The number of anilines is 1. The molecule has 5 heteroatoms. The summed E-state index contributed by atoms with van der Waals surface area (Å²) in [5.41, 5.74) is 2.94. The Morgan fingerprint density at radius 1 is 1.12 bits per heavy atom. The van der Waals surface area contributed by atoms with Crippen molar-refractivity contribution in [1.82, 2.24) is 0 Å². The topological polar surface area (TPSA) is 52.9 Å². The third kappa shape index (κ3) is 4.19. The van der Waals surface area contributed by atoms with Gasteiger partial charge in [-0.05, 0) is 60.2 Å². The summed E-state index contributed by atoms with van der Waals surface area (Å²) in [5.74, 6) is -0.0251. The lowest BCUT2D eigenvalue weighted by atomic mass is 10.1. The molecule has 1 aliphatic rings. The highest BCUT2D eigenvalue weighted by Gasteiger charge is 2.25. The molecule has 0 spiro atoms. The van der Waals surface area contributed by atoms with Gasteiger partial charge < -0.3 is 10.0 Å². The molecule has 0 aliphatic carbocycles. The summed E-state index contributed by atoms with van der Waals surface area (Å²) in [6.07, 6.45) is 3.89. The monoisotopic (exact) mass is 350 g/mol. The number of thioether (sulfide) groups is 1. The van der Waals surface area contributed by atoms with Gasteiger partial charge in [0.15, 0.2) is 5.17 Å². The lowest BCUT2D eigenvalue weighted by Crippen LogP contribution is -2.21. The van der Waals surface area contributed by atoms with Crippen molar-refractivity contribution in [3.8, 4) is 5.75 Å². The summed E-state index contributed by atoms with van der Waals surface area (Å²) >= 11 is 1.35. The molecule has 2 aromatic rings. The van der Waals surface area contributed by atoms with E-state index in [0.717, 1.165) is 16.8 Å². The second-order valence-electron chi connectivity index (χ2n) is 5.68. The van der Waals surface area contributed by atoms with Crippen LogP contribution in [-0.2, 0) is 4.79 Å². The Hall–Kier alpha value is -2.79. The van der Waals surface area contributed by atoms with Crippen molar-refractivity contribution in [3.05, 3.63) is 76.7 Å². The van der Waals surface area contributed by atoms with Crippen molar-refractivity contribution in [1.29, 1.82) is 0 Å². The number of amides is 1. The molecular formula is C20H18N2O2S. The van der Waals surface area contributed by atoms with Gasteiger partial charge in [0, 0.05) is 12.7 Å². The normalized spacial score (nSPS) is 16.2. The summed E-state index contributed by atoms with van der Waals surface area (Å²) in [7, 11) is 1.85. The number of nitrogens with zero attached hydrogens (tertiary/aromatic N) is 2. The largest absolute Gasteiger partial charge is 0.508 e. The van der Waals surface area contributed by atoms with Gasteiger partial charge in [0.2, 0.25) is 0 Å². The van der Waals surface area contributed by atoms with E-state index >= 15 is 0 Å². The third-order valence-corrected chi connectivity index (χ3v) is 4.75. The van der Waals surface area contributed by atoms with Gasteiger partial charge in [0.05, 0.1) is 4.91 Å². The van der Waals surface area contributed by atoms with Gasteiger partial charge in [0.25, 0.3) is 5.91 Å². The third-order valence-electron chi connectivity index (χ3n) is 3.69. The SMILES string of the molecule is CC(/C=C1\SC(N(C)c2ccc(O)cc2)=NC1=O)=C\c1ccccc1. The van der Waals surface area contributed by atoms with Crippen LogP contribution in [0.2, 0.25) is 0 Å². The van der Waals surface area contributed by atoms with Crippen LogP contribution < -0.4 is 4.90 Å². The number of carbonyl (C=O) groups is 1. The standard InChI is InChI=1S/C20H18N2O2S/c1-14(12-15-6-4-3-5-7-15)13-18-19(24)21-20(25-18)22(2)16-8-10-17(23)11-9-16/h3-13,23H,1-2H3/b14-12+,18-13-. The van der Waals surface area contributed by atoms with Crippen LogP contribution in [0, 0.1) is 0 Å². The van der Waals surface area contributed by atoms with Crippen LogP contribution in [0.25, 0.3) is 6.08 Å². The van der Waals surface area contributed by atoms with Crippen molar-refractivity contribution in [2.45, 2.75) is 6.92 Å². The number of aromatic hydroxyl groups is 1. The lowest BCUT2D eigenvalue weighted by Gasteiger charge is -2.17. The number of phenols is 1. The highest BCUT2D eigenvalue weighted by Crippen LogP contribution is 2.31. The Labute approximate surface area is 151 Å². The van der Waals surface area contributed by atoms with E-state index in [1.54, 1.807) is 24.3 Å². The van der Waals surface area contributed by atoms with E-state index in [1.807, 2.05) is 61.4 Å². The molecule has 126 valence electrons. The van der Waals surface area contributed by atoms with Gasteiger partial charge in [-0.2, -0.15) is 4.99 Å². The van der Waals surface area contributed by atoms with E-state index < -0.39 is 0 Å². The molecule has 4 nitrogen and oxygen atoms in total. The van der Waals surface area contributed by atoms with E-state index in [1.165, 1.54) is 11.8 Å². The minimum absolute atomic E-state index is 0.205. The molecule has 0 atom stereocenters. The predicted octanol–water partition coefficient (Wildman–Crippen LogP) is 4.45. The summed E-state index contributed by atoms with van der Waals surface area (Å²) in [6, 6.07) is 16.8. The number of allylic oxidation sites excluding steroid dienone is 2. The van der Waals surface area contributed by atoms with Crippen molar-refractivity contribution in [3.63, 3.8) is 0 Å². The van der Waals surface area contributed by atoms with E-state index in [9.17, 15) is 9.90 Å². The van der Waals surface area contributed by atoms with Gasteiger partial charge in [-0.15, -0.1) is 0 Å². The summed E-state index contributed by atoms with van der Waals surface area (Å²) in [6.45, 7) is 1.97. The number of benzene rings is 2. The molecule has 0 bridgehead atoms. The molecule has 0 radical (unpaired) electrons. The number of hydrogen-bond donors (Lipinski definition) is 1. The fraction of sp³-hybridized carbons (Fsp3) is 0.100. The molecule has 25 heavy (non-hydrogen) atoms. The molecule has 0 saturated carbocycles. The Morgan fingerprint density at radius 3 is 2.48 bits per heavy atom. The van der Waals surface area contributed by atoms with Gasteiger partial charge in [-0.1, -0.05) is 36.4 Å². The Bertz CT molecular complexity index is 868. The minimum atomic E-state index is -0.230. The van der Waals surface area contributed by atoms with E-state index in [2.05, 4.69) is 4.99 Å². The van der Waals surface area contributed by atoms with Crippen molar-refractivity contribution in [2.24, 2.45) is 4.99 Å². The molecule has 1 heterocycles. The average Bonchev–Trinajstić information content (AvgIpc) is 2.96. The molecule has 0 fully saturated rings. The molecule has 0 saturated heterocycles. The highest BCUT2D eigenvalue weighted by molar-refractivity contribution is 8.18. The summed E-state index contributed by atoms with van der Waals surface area (Å²) < 4.78 is 0. The fourth-order valence-electron chi connectivity index (χ4n) is 2.39. The first-order valence-electron chi connectivity index (χ1n) is 7.81.